The fraction of sp³-hybridized carbons (Fsp3) is 0.250. The first kappa shape index (κ1) is 20.7. The van der Waals surface area contributed by atoms with Gasteiger partial charge in [0.25, 0.3) is 5.91 Å². The zero-order valence-electron chi connectivity index (χ0n) is 15.8. The number of anilines is 1. The van der Waals surface area contributed by atoms with Gasteiger partial charge in [0, 0.05) is 31.9 Å². The molecule has 0 unspecified atom stereocenters. The lowest BCUT2D eigenvalue weighted by Gasteiger charge is -2.16. The zero-order valence-corrected chi connectivity index (χ0v) is 16.6. The molecule has 1 saturated heterocycles. The minimum atomic E-state index is -3.66. The molecule has 0 spiro atoms. The molecule has 0 radical (unpaired) electrons. The highest BCUT2D eigenvalue weighted by Gasteiger charge is 2.27. The number of hydrogen-bond donors (Lipinski definition) is 2. The van der Waals surface area contributed by atoms with Crippen LogP contribution in [-0.4, -0.2) is 56.1 Å². The molecular formula is C20H21N3O5S. The van der Waals surface area contributed by atoms with Crippen molar-refractivity contribution in [1.82, 2.24) is 4.31 Å². The maximum atomic E-state index is 12.7. The molecule has 0 saturated carbocycles. The van der Waals surface area contributed by atoms with E-state index in [0.29, 0.717) is 18.7 Å². The Hall–Kier alpha value is -3.04. The molecule has 0 bridgehead atoms. The molecule has 0 aliphatic carbocycles. The van der Waals surface area contributed by atoms with Crippen molar-refractivity contribution < 1.29 is 23.1 Å². The Balaban J connectivity index is 1.88. The molecule has 9 heteroatoms. The van der Waals surface area contributed by atoms with Crippen LogP contribution in [0.5, 0.6) is 0 Å². The highest BCUT2D eigenvalue weighted by Crippen LogP contribution is 2.23. The average molecular weight is 415 g/mol. The van der Waals surface area contributed by atoms with E-state index in [-0.39, 0.29) is 21.7 Å². The smallest absolute Gasteiger partial charge is 0.337 e. The third-order valence-corrected chi connectivity index (χ3v) is 6.49. The lowest BCUT2D eigenvalue weighted by Crippen LogP contribution is -2.28. The normalized spacial score (nSPS) is 14.9. The number of carbonyl (C=O) groups is 2. The van der Waals surface area contributed by atoms with Crippen molar-refractivity contribution in [3.05, 3.63) is 59.2 Å². The van der Waals surface area contributed by atoms with Crippen LogP contribution in [-0.2, 0) is 10.0 Å². The van der Waals surface area contributed by atoms with Gasteiger partial charge in [-0.15, -0.1) is 0 Å². The Kier molecular flexibility index (Phi) is 6.09. The van der Waals surface area contributed by atoms with E-state index >= 15 is 0 Å². The van der Waals surface area contributed by atoms with Gasteiger partial charge >= 0.3 is 5.97 Å². The van der Waals surface area contributed by atoms with E-state index in [1.54, 1.807) is 13.1 Å². The number of carboxylic acid groups (broad SMARTS) is 1. The second-order valence-corrected chi connectivity index (χ2v) is 8.53. The molecule has 1 heterocycles. The van der Waals surface area contributed by atoms with Crippen LogP contribution in [0, 0.1) is 0 Å². The number of amides is 1. The number of benzene rings is 2. The molecular weight excluding hydrogens is 394 g/mol. The molecule has 0 aromatic heterocycles. The van der Waals surface area contributed by atoms with Crippen molar-refractivity contribution in [2.24, 2.45) is 4.99 Å². The third-order valence-electron chi connectivity index (χ3n) is 4.60. The van der Waals surface area contributed by atoms with E-state index in [0.717, 1.165) is 12.8 Å². The first-order valence-corrected chi connectivity index (χ1v) is 10.5. The molecule has 29 heavy (non-hydrogen) atoms. The van der Waals surface area contributed by atoms with E-state index in [9.17, 15) is 23.1 Å². The molecule has 152 valence electrons. The fourth-order valence-electron chi connectivity index (χ4n) is 3.15. The Morgan fingerprint density at radius 2 is 1.86 bits per heavy atom. The maximum absolute atomic E-state index is 12.7. The summed E-state index contributed by atoms with van der Waals surface area (Å²) in [6.45, 7) is 0.933. The number of rotatable bonds is 6. The summed E-state index contributed by atoms with van der Waals surface area (Å²) in [5.74, 6) is -1.79. The Labute approximate surface area is 168 Å². The van der Waals surface area contributed by atoms with E-state index in [2.05, 4.69) is 10.3 Å². The van der Waals surface area contributed by atoms with Gasteiger partial charge in [-0.25, -0.2) is 13.2 Å². The van der Waals surface area contributed by atoms with Crippen molar-refractivity contribution in [3.63, 3.8) is 0 Å². The minimum absolute atomic E-state index is 0.0417. The Morgan fingerprint density at radius 3 is 2.52 bits per heavy atom. The summed E-state index contributed by atoms with van der Waals surface area (Å²) < 4.78 is 26.8. The number of hydrogen-bond acceptors (Lipinski definition) is 5. The third kappa shape index (κ3) is 4.52. The lowest BCUT2D eigenvalue weighted by atomic mass is 10.1. The van der Waals surface area contributed by atoms with Gasteiger partial charge in [0.05, 0.1) is 16.1 Å². The number of carbonyl (C=O) groups excluding carboxylic acids is 1. The first-order chi connectivity index (χ1) is 13.8. The summed E-state index contributed by atoms with van der Waals surface area (Å²) in [7, 11) is -2.09. The standard InChI is InChI=1S/C20H21N3O5S/c1-21-13-14-7-8-18(17(11-14)20(25)26)22-19(24)15-5-4-6-16(12-15)29(27,28)23-9-2-3-10-23/h4-8,11-13H,2-3,9-10H2,1H3,(H,22,24)(H,25,26). The molecule has 8 nitrogen and oxygen atoms in total. The highest BCUT2D eigenvalue weighted by molar-refractivity contribution is 7.89. The molecule has 2 aromatic carbocycles. The van der Waals surface area contributed by atoms with Crippen molar-refractivity contribution >= 4 is 33.8 Å². The molecule has 0 atom stereocenters. The maximum Gasteiger partial charge on any atom is 0.337 e. The molecule has 1 aliphatic heterocycles. The average Bonchev–Trinajstić information content (AvgIpc) is 3.25. The molecule has 1 amide bonds. The zero-order chi connectivity index (χ0) is 21.0. The van der Waals surface area contributed by atoms with E-state index in [1.807, 2.05) is 0 Å². The van der Waals surface area contributed by atoms with Crippen LogP contribution in [0.4, 0.5) is 5.69 Å². The van der Waals surface area contributed by atoms with E-state index in [1.165, 1.54) is 46.9 Å². The number of aliphatic imine (C=N–C) groups is 1. The van der Waals surface area contributed by atoms with Crippen LogP contribution >= 0.6 is 0 Å². The number of carboxylic acids is 1. The Morgan fingerprint density at radius 1 is 1.14 bits per heavy atom. The molecule has 2 aromatic rings. The highest BCUT2D eigenvalue weighted by atomic mass is 32.2. The van der Waals surface area contributed by atoms with Crippen LogP contribution in [0.1, 0.15) is 39.1 Å². The quantitative estimate of drug-likeness (QED) is 0.703. The van der Waals surface area contributed by atoms with Crippen molar-refractivity contribution in [1.29, 1.82) is 0 Å². The lowest BCUT2D eigenvalue weighted by molar-refractivity contribution is 0.0698. The summed E-state index contributed by atoms with van der Waals surface area (Å²) in [6, 6.07) is 10.2. The minimum Gasteiger partial charge on any atom is -0.478 e. The first-order valence-electron chi connectivity index (χ1n) is 9.04. The predicted molar refractivity (Wildman–Crippen MR) is 109 cm³/mol. The summed E-state index contributed by atoms with van der Waals surface area (Å²) >= 11 is 0. The van der Waals surface area contributed by atoms with Gasteiger partial charge in [0.1, 0.15) is 0 Å². The summed E-state index contributed by atoms with van der Waals surface area (Å²) in [4.78, 5) is 28.1. The topological polar surface area (TPSA) is 116 Å². The van der Waals surface area contributed by atoms with Gasteiger partial charge in [-0.05, 0) is 48.7 Å². The number of sulfonamides is 1. The summed E-state index contributed by atoms with van der Waals surface area (Å²) in [5.41, 5.74) is 0.738. The fourth-order valence-corrected chi connectivity index (χ4v) is 4.71. The van der Waals surface area contributed by atoms with Crippen LogP contribution in [0.2, 0.25) is 0 Å². The summed E-state index contributed by atoms with van der Waals surface area (Å²) in [5, 5.41) is 12.0. The molecule has 2 N–H and O–H groups in total. The number of nitrogens with zero attached hydrogens (tertiary/aromatic N) is 2. The molecule has 1 fully saturated rings. The van der Waals surface area contributed by atoms with E-state index < -0.39 is 21.9 Å². The van der Waals surface area contributed by atoms with Crippen LogP contribution in [0.25, 0.3) is 0 Å². The second kappa shape index (κ2) is 8.54. The van der Waals surface area contributed by atoms with Crippen molar-refractivity contribution in [2.45, 2.75) is 17.7 Å². The van der Waals surface area contributed by atoms with Gasteiger partial charge in [-0.3, -0.25) is 9.79 Å². The Bertz CT molecular complexity index is 1070. The monoisotopic (exact) mass is 415 g/mol. The van der Waals surface area contributed by atoms with Gasteiger partial charge in [-0.2, -0.15) is 4.31 Å². The van der Waals surface area contributed by atoms with Gasteiger partial charge in [0.2, 0.25) is 10.0 Å². The van der Waals surface area contributed by atoms with Crippen LogP contribution in [0.15, 0.2) is 52.4 Å². The van der Waals surface area contributed by atoms with Crippen molar-refractivity contribution in [2.75, 3.05) is 25.5 Å². The van der Waals surface area contributed by atoms with Crippen LogP contribution in [0.3, 0.4) is 0 Å². The number of nitrogens with one attached hydrogen (secondary N) is 1. The number of aromatic carboxylic acids is 1. The second-order valence-electron chi connectivity index (χ2n) is 6.59. The SMILES string of the molecule is CN=Cc1ccc(NC(=O)c2cccc(S(=O)(=O)N3CCCC3)c2)c(C(=O)O)c1. The predicted octanol–water partition coefficient (Wildman–Crippen LogP) is 2.47. The van der Waals surface area contributed by atoms with E-state index in [4.69, 9.17) is 0 Å². The molecule has 3 rings (SSSR count). The van der Waals surface area contributed by atoms with Gasteiger partial charge in [0.15, 0.2) is 0 Å². The summed E-state index contributed by atoms with van der Waals surface area (Å²) in [6.07, 6.45) is 3.14. The van der Waals surface area contributed by atoms with Gasteiger partial charge in [-0.1, -0.05) is 12.1 Å². The molecule has 1 aliphatic rings. The van der Waals surface area contributed by atoms with Crippen molar-refractivity contribution in [3.8, 4) is 0 Å². The van der Waals surface area contributed by atoms with Gasteiger partial charge < -0.3 is 10.4 Å². The van der Waals surface area contributed by atoms with Crippen LogP contribution < -0.4 is 5.32 Å². The largest absolute Gasteiger partial charge is 0.478 e.